The monoisotopic (exact) mass is 296 g/mol. The number of likely N-dealkylation sites (tertiary alicyclic amines) is 1. The second kappa shape index (κ2) is 11.8. The van der Waals surface area contributed by atoms with Gasteiger partial charge in [-0.1, -0.05) is 33.1 Å². The highest BCUT2D eigenvalue weighted by molar-refractivity contribution is 5.77. The lowest BCUT2D eigenvalue weighted by atomic mass is 9.99. The predicted octanol–water partition coefficient (Wildman–Crippen LogP) is 2.98. The summed E-state index contributed by atoms with van der Waals surface area (Å²) >= 11 is 0. The summed E-state index contributed by atoms with van der Waals surface area (Å²) < 4.78 is 0. The Hall–Kier alpha value is -0.770. The Balaban J connectivity index is 1.92. The molecule has 1 aliphatic rings. The van der Waals surface area contributed by atoms with E-state index in [1.807, 2.05) is 0 Å². The third-order valence-electron chi connectivity index (χ3n) is 4.38. The fourth-order valence-electron chi connectivity index (χ4n) is 2.76. The van der Waals surface area contributed by atoms with Gasteiger partial charge in [0.05, 0.1) is 0 Å². The smallest absolute Gasteiger partial charge is 0.188 e. The third kappa shape index (κ3) is 9.72. The highest BCUT2D eigenvalue weighted by Gasteiger charge is 2.14. The van der Waals surface area contributed by atoms with E-state index in [1.165, 1.54) is 64.6 Å². The highest BCUT2D eigenvalue weighted by atomic mass is 15.1. The van der Waals surface area contributed by atoms with Crippen LogP contribution in [0, 0.1) is 5.92 Å². The van der Waals surface area contributed by atoms with Crippen LogP contribution in [-0.4, -0.2) is 43.6 Å². The lowest BCUT2D eigenvalue weighted by Crippen LogP contribution is -2.35. The molecule has 0 amide bonds. The van der Waals surface area contributed by atoms with Crippen molar-refractivity contribution in [1.82, 2.24) is 10.2 Å². The van der Waals surface area contributed by atoms with E-state index in [4.69, 9.17) is 5.73 Å². The first-order chi connectivity index (χ1) is 10.2. The molecule has 1 saturated heterocycles. The fraction of sp³-hybridized carbons (Fsp3) is 0.941. The molecule has 0 spiro atoms. The average Bonchev–Trinajstić information content (AvgIpc) is 2.48. The van der Waals surface area contributed by atoms with Gasteiger partial charge in [0.1, 0.15) is 0 Å². The third-order valence-corrected chi connectivity index (χ3v) is 4.38. The quantitative estimate of drug-likeness (QED) is 0.370. The van der Waals surface area contributed by atoms with Crippen molar-refractivity contribution in [3.8, 4) is 0 Å². The van der Waals surface area contributed by atoms with Crippen LogP contribution in [0.3, 0.4) is 0 Å². The largest absolute Gasteiger partial charge is 0.370 e. The fourth-order valence-corrected chi connectivity index (χ4v) is 2.76. The standard InChI is InChI=1S/C17H36N4/c1-3-4-5-6-11-19-17(18)20-12-7-8-13-21-14-9-16(2)10-15-21/h16H,3-15H2,1-2H3,(H3,18,19,20). The molecule has 1 fully saturated rings. The lowest BCUT2D eigenvalue weighted by molar-refractivity contribution is 0.189. The highest BCUT2D eigenvalue weighted by Crippen LogP contribution is 2.15. The average molecular weight is 297 g/mol. The van der Waals surface area contributed by atoms with Crippen molar-refractivity contribution in [2.45, 2.75) is 65.2 Å². The molecule has 4 heteroatoms. The van der Waals surface area contributed by atoms with Crippen LogP contribution in [-0.2, 0) is 0 Å². The van der Waals surface area contributed by atoms with Crippen molar-refractivity contribution >= 4 is 5.96 Å². The molecule has 0 aliphatic carbocycles. The van der Waals surface area contributed by atoms with Gasteiger partial charge in [-0.3, -0.25) is 4.99 Å². The Morgan fingerprint density at radius 1 is 1.14 bits per heavy atom. The molecule has 21 heavy (non-hydrogen) atoms. The molecule has 0 aromatic carbocycles. The second-order valence-corrected chi connectivity index (χ2v) is 6.49. The molecule has 0 aromatic heterocycles. The summed E-state index contributed by atoms with van der Waals surface area (Å²) in [6, 6.07) is 0. The van der Waals surface area contributed by atoms with Crippen molar-refractivity contribution in [1.29, 1.82) is 0 Å². The van der Waals surface area contributed by atoms with Crippen LogP contribution in [0.2, 0.25) is 0 Å². The van der Waals surface area contributed by atoms with Gasteiger partial charge in [0, 0.05) is 13.1 Å². The second-order valence-electron chi connectivity index (χ2n) is 6.49. The SMILES string of the molecule is CCCCCCN=C(N)NCCCCN1CCC(C)CC1. The van der Waals surface area contributed by atoms with Gasteiger partial charge in [0.25, 0.3) is 0 Å². The molecule has 0 atom stereocenters. The molecule has 0 radical (unpaired) electrons. The maximum atomic E-state index is 5.86. The molecule has 1 rings (SSSR count). The Morgan fingerprint density at radius 2 is 1.90 bits per heavy atom. The Bertz CT molecular complexity index is 270. The van der Waals surface area contributed by atoms with Crippen molar-refractivity contribution in [3.63, 3.8) is 0 Å². The summed E-state index contributed by atoms with van der Waals surface area (Å²) in [5.41, 5.74) is 5.86. The summed E-state index contributed by atoms with van der Waals surface area (Å²) in [7, 11) is 0. The maximum Gasteiger partial charge on any atom is 0.188 e. The molecule has 0 aromatic rings. The van der Waals surface area contributed by atoms with Crippen molar-refractivity contribution in [3.05, 3.63) is 0 Å². The molecule has 0 bridgehead atoms. The van der Waals surface area contributed by atoms with Gasteiger partial charge in [-0.2, -0.15) is 0 Å². The van der Waals surface area contributed by atoms with E-state index in [-0.39, 0.29) is 0 Å². The minimum absolute atomic E-state index is 0.623. The molecule has 1 aliphatic heterocycles. The van der Waals surface area contributed by atoms with Gasteiger partial charge in [-0.05, 0) is 57.7 Å². The van der Waals surface area contributed by atoms with E-state index < -0.39 is 0 Å². The molecule has 1 heterocycles. The van der Waals surface area contributed by atoms with Crippen LogP contribution >= 0.6 is 0 Å². The zero-order valence-corrected chi connectivity index (χ0v) is 14.2. The van der Waals surface area contributed by atoms with Gasteiger partial charge < -0.3 is 16.0 Å². The number of nitrogens with zero attached hydrogens (tertiary/aromatic N) is 2. The zero-order valence-electron chi connectivity index (χ0n) is 14.2. The topological polar surface area (TPSA) is 53.6 Å². The van der Waals surface area contributed by atoms with E-state index in [2.05, 4.69) is 29.1 Å². The van der Waals surface area contributed by atoms with E-state index in [9.17, 15) is 0 Å². The van der Waals surface area contributed by atoms with E-state index in [1.54, 1.807) is 0 Å². The first-order valence-electron chi connectivity index (χ1n) is 8.98. The number of hydrogen-bond acceptors (Lipinski definition) is 2. The Labute approximate surface area is 131 Å². The summed E-state index contributed by atoms with van der Waals surface area (Å²) in [4.78, 5) is 6.97. The summed E-state index contributed by atoms with van der Waals surface area (Å²) in [5.74, 6) is 1.55. The normalized spacial score (nSPS) is 18.1. The van der Waals surface area contributed by atoms with Gasteiger partial charge in [0.2, 0.25) is 0 Å². The van der Waals surface area contributed by atoms with Crippen LogP contribution in [0.15, 0.2) is 4.99 Å². The number of nitrogens with one attached hydrogen (secondary N) is 1. The summed E-state index contributed by atoms with van der Waals surface area (Å²) in [6.07, 6.45) is 10.2. The number of aliphatic imine (C=N–C) groups is 1. The summed E-state index contributed by atoms with van der Waals surface area (Å²) in [6.45, 7) is 10.2. The number of rotatable bonds is 10. The Kier molecular flexibility index (Phi) is 10.3. The van der Waals surface area contributed by atoms with E-state index in [0.29, 0.717) is 5.96 Å². The van der Waals surface area contributed by atoms with Gasteiger partial charge in [-0.15, -0.1) is 0 Å². The molecule has 4 nitrogen and oxygen atoms in total. The first-order valence-corrected chi connectivity index (χ1v) is 8.98. The number of guanidine groups is 1. The molecular formula is C17H36N4. The molecule has 0 unspecified atom stereocenters. The first kappa shape index (κ1) is 18.3. The van der Waals surface area contributed by atoms with E-state index >= 15 is 0 Å². The number of piperidine rings is 1. The Morgan fingerprint density at radius 3 is 2.62 bits per heavy atom. The van der Waals surface area contributed by atoms with Crippen LogP contribution < -0.4 is 11.1 Å². The maximum absolute atomic E-state index is 5.86. The number of nitrogens with two attached hydrogens (primary N) is 1. The molecule has 0 saturated carbocycles. The number of hydrogen-bond donors (Lipinski definition) is 2. The van der Waals surface area contributed by atoms with Crippen LogP contribution in [0.25, 0.3) is 0 Å². The minimum Gasteiger partial charge on any atom is -0.370 e. The van der Waals surface area contributed by atoms with Gasteiger partial charge in [-0.25, -0.2) is 0 Å². The zero-order chi connectivity index (χ0) is 15.3. The van der Waals surface area contributed by atoms with Crippen LogP contribution in [0.5, 0.6) is 0 Å². The lowest BCUT2D eigenvalue weighted by Gasteiger charge is -2.30. The van der Waals surface area contributed by atoms with E-state index in [0.717, 1.165) is 25.4 Å². The molecular weight excluding hydrogens is 260 g/mol. The van der Waals surface area contributed by atoms with Crippen LogP contribution in [0.1, 0.15) is 65.2 Å². The molecule has 124 valence electrons. The minimum atomic E-state index is 0.623. The van der Waals surface area contributed by atoms with Crippen molar-refractivity contribution < 1.29 is 0 Å². The van der Waals surface area contributed by atoms with Crippen LogP contribution in [0.4, 0.5) is 0 Å². The summed E-state index contributed by atoms with van der Waals surface area (Å²) in [5, 5.41) is 3.23. The van der Waals surface area contributed by atoms with Crippen molar-refractivity contribution in [2.75, 3.05) is 32.7 Å². The number of unbranched alkanes of at least 4 members (excludes halogenated alkanes) is 4. The van der Waals surface area contributed by atoms with Gasteiger partial charge >= 0.3 is 0 Å². The van der Waals surface area contributed by atoms with Gasteiger partial charge in [0.15, 0.2) is 5.96 Å². The predicted molar refractivity (Wildman–Crippen MR) is 92.7 cm³/mol. The molecule has 3 N–H and O–H groups in total. The van der Waals surface area contributed by atoms with Crippen molar-refractivity contribution in [2.24, 2.45) is 16.6 Å².